The Kier molecular flexibility index (Phi) is 3.82. The van der Waals surface area contributed by atoms with Gasteiger partial charge in [-0.3, -0.25) is 0 Å². The molecule has 1 unspecified atom stereocenters. The van der Waals surface area contributed by atoms with E-state index in [0.717, 1.165) is 39.1 Å². The molecule has 0 saturated heterocycles. The van der Waals surface area contributed by atoms with Crippen LogP contribution in [-0.4, -0.2) is 28.3 Å². The number of nitrogens with zero attached hydrogens (tertiary/aromatic N) is 3. The van der Waals surface area contributed by atoms with Crippen LogP contribution in [0.15, 0.2) is 28.9 Å². The van der Waals surface area contributed by atoms with Crippen molar-refractivity contribution in [3.05, 3.63) is 35.7 Å². The second-order valence-corrected chi connectivity index (χ2v) is 7.37. The van der Waals surface area contributed by atoms with E-state index in [9.17, 15) is 0 Å². The smallest absolute Gasteiger partial charge is 0.176 e. The fourth-order valence-corrected chi connectivity index (χ4v) is 4.52. The van der Waals surface area contributed by atoms with Crippen LogP contribution in [0.3, 0.4) is 0 Å². The summed E-state index contributed by atoms with van der Waals surface area (Å²) in [5, 5.41) is 3.58. The summed E-state index contributed by atoms with van der Waals surface area (Å²) in [6, 6.07) is 6.49. The van der Waals surface area contributed by atoms with E-state index in [1.54, 1.807) is 36.5 Å². The molecule has 7 heteroatoms. The third-order valence-electron chi connectivity index (χ3n) is 4.10. The number of anilines is 1. The molecule has 2 heterocycles. The molecule has 0 bridgehead atoms. The fraction of sp³-hybridized carbons (Fsp3) is 0.312. The normalized spacial score (nSPS) is 16.5. The molecule has 1 atom stereocenters. The van der Waals surface area contributed by atoms with Crippen molar-refractivity contribution in [3.63, 3.8) is 0 Å². The SMILES string of the molecule is COc1cccc2c1CCC2Nc1ncnc2nc(SC)sc12. The molecule has 1 N–H and O–H groups in total. The van der Waals surface area contributed by atoms with E-state index in [2.05, 4.69) is 26.3 Å². The van der Waals surface area contributed by atoms with Gasteiger partial charge in [0.15, 0.2) is 9.99 Å². The molecule has 0 fully saturated rings. The molecule has 0 spiro atoms. The number of rotatable bonds is 4. The number of fused-ring (bicyclic) bond motifs is 2. The average molecular weight is 344 g/mol. The van der Waals surface area contributed by atoms with Crippen molar-refractivity contribution in [1.29, 1.82) is 0 Å². The Balaban J connectivity index is 1.70. The maximum Gasteiger partial charge on any atom is 0.176 e. The van der Waals surface area contributed by atoms with Crippen molar-refractivity contribution in [3.8, 4) is 5.75 Å². The number of benzene rings is 1. The summed E-state index contributed by atoms with van der Waals surface area (Å²) in [4.78, 5) is 13.2. The summed E-state index contributed by atoms with van der Waals surface area (Å²) in [5.41, 5.74) is 3.36. The molecule has 0 radical (unpaired) electrons. The third kappa shape index (κ3) is 2.53. The summed E-state index contributed by atoms with van der Waals surface area (Å²) < 4.78 is 7.51. The molecule has 1 aromatic carbocycles. The highest BCUT2D eigenvalue weighted by molar-refractivity contribution is 8.00. The Labute approximate surface area is 142 Å². The van der Waals surface area contributed by atoms with Gasteiger partial charge in [0.25, 0.3) is 0 Å². The molecule has 0 aliphatic heterocycles. The largest absolute Gasteiger partial charge is 0.496 e. The first-order valence-corrected chi connectivity index (χ1v) is 9.42. The summed E-state index contributed by atoms with van der Waals surface area (Å²) >= 11 is 3.27. The van der Waals surface area contributed by atoms with E-state index < -0.39 is 0 Å². The van der Waals surface area contributed by atoms with Crippen LogP contribution in [0.25, 0.3) is 10.3 Å². The monoisotopic (exact) mass is 344 g/mol. The van der Waals surface area contributed by atoms with Gasteiger partial charge in [0, 0.05) is 0 Å². The molecule has 2 aromatic heterocycles. The van der Waals surface area contributed by atoms with Gasteiger partial charge in [-0.2, -0.15) is 0 Å². The average Bonchev–Trinajstić information content (AvgIpc) is 3.19. The number of hydrogen-bond donors (Lipinski definition) is 1. The number of thiazole rings is 1. The van der Waals surface area contributed by atoms with Crippen LogP contribution in [0.2, 0.25) is 0 Å². The zero-order chi connectivity index (χ0) is 15.8. The lowest BCUT2D eigenvalue weighted by Crippen LogP contribution is -2.08. The van der Waals surface area contributed by atoms with E-state index in [-0.39, 0.29) is 6.04 Å². The van der Waals surface area contributed by atoms with Crippen LogP contribution in [0, 0.1) is 0 Å². The third-order valence-corrected chi connectivity index (χ3v) is 6.14. The van der Waals surface area contributed by atoms with Crippen LogP contribution >= 0.6 is 23.1 Å². The maximum atomic E-state index is 5.48. The van der Waals surface area contributed by atoms with Gasteiger partial charge in [-0.25, -0.2) is 15.0 Å². The van der Waals surface area contributed by atoms with Crippen LogP contribution in [0.1, 0.15) is 23.6 Å². The first-order chi connectivity index (χ1) is 11.3. The minimum Gasteiger partial charge on any atom is -0.496 e. The van der Waals surface area contributed by atoms with E-state index >= 15 is 0 Å². The van der Waals surface area contributed by atoms with Crippen LogP contribution in [0.4, 0.5) is 5.82 Å². The lowest BCUT2D eigenvalue weighted by molar-refractivity contribution is 0.410. The van der Waals surface area contributed by atoms with Gasteiger partial charge in [-0.1, -0.05) is 23.9 Å². The second-order valence-electron chi connectivity index (χ2n) is 5.32. The Hall–Kier alpha value is -1.86. The number of methoxy groups -OCH3 is 1. The van der Waals surface area contributed by atoms with Gasteiger partial charge in [-0.05, 0) is 36.3 Å². The van der Waals surface area contributed by atoms with Crippen molar-refractivity contribution < 1.29 is 4.74 Å². The Bertz CT molecular complexity index is 864. The predicted molar refractivity (Wildman–Crippen MR) is 94.7 cm³/mol. The zero-order valence-electron chi connectivity index (χ0n) is 12.9. The van der Waals surface area contributed by atoms with Gasteiger partial charge in [0.2, 0.25) is 0 Å². The Morgan fingerprint density at radius 2 is 2.26 bits per heavy atom. The van der Waals surface area contributed by atoms with Gasteiger partial charge in [0.05, 0.1) is 13.2 Å². The summed E-state index contributed by atoms with van der Waals surface area (Å²) in [6.07, 6.45) is 5.66. The van der Waals surface area contributed by atoms with E-state index in [0.29, 0.717) is 0 Å². The zero-order valence-corrected chi connectivity index (χ0v) is 14.5. The number of nitrogens with one attached hydrogen (secondary N) is 1. The summed E-state index contributed by atoms with van der Waals surface area (Å²) in [7, 11) is 1.73. The van der Waals surface area contributed by atoms with Crippen molar-refractivity contribution in [2.75, 3.05) is 18.7 Å². The molecule has 118 valence electrons. The maximum absolute atomic E-state index is 5.48. The minimum absolute atomic E-state index is 0.248. The predicted octanol–water partition coefficient (Wildman–Crippen LogP) is 3.92. The highest BCUT2D eigenvalue weighted by atomic mass is 32.2. The summed E-state index contributed by atoms with van der Waals surface area (Å²) in [6.45, 7) is 0. The summed E-state index contributed by atoms with van der Waals surface area (Å²) in [5.74, 6) is 1.84. The Morgan fingerprint density at radius 1 is 1.35 bits per heavy atom. The number of ether oxygens (including phenoxy) is 1. The van der Waals surface area contributed by atoms with Crippen molar-refractivity contribution in [1.82, 2.24) is 15.0 Å². The highest BCUT2D eigenvalue weighted by Crippen LogP contribution is 2.40. The molecule has 5 nitrogen and oxygen atoms in total. The van der Waals surface area contributed by atoms with Gasteiger partial charge >= 0.3 is 0 Å². The molecular formula is C16H16N4OS2. The molecule has 3 aromatic rings. The Morgan fingerprint density at radius 3 is 3.09 bits per heavy atom. The molecule has 1 aliphatic rings. The first kappa shape index (κ1) is 14.7. The molecular weight excluding hydrogens is 328 g/mol. The second kappa shape index (κ2) is 5.98. The van der Waals surface area contributed by atoms with E-state index in [1.807, 2.05) is 18.4 Å². The minimum atomic E-state index is 0.248. The lowest BCUT2D eigenvalue weighted by atomic mass is 10.1. The standard InChI is InChI=1S/C16H16N4OS2/c1-21-12-5-3-4-9-10(12)6-7-11(9)19-14-13-15(18-8-17-14)20-16(22-2)23-13/h3-5,8,11H,6-7H2,1-2H3,(H,17,18,19). The molecule has 1 aliphatic carbocycles. The highest BCUT2D eigenvalue weighted by Gasteiger charge is 2.26. The van der Waals surface area contributed by atoms with Crippen LogP contribution in [-0.2, 0) is 6.42 Å². The van der Waals surface area contributed by atoms with E-state index in [1.165, 1.54) is 11.1 Å². The first-order valence-electron chi connectivity index (χ1n) is 7.38. The number of aromatic nitrogens is 3. The van der Waals surface area contributed by atoms with Gasteiger partial charge < -0.3 is 10.1 Å². The van der Waals surface area contributed by atoms with Crippen molar-refractivity contribution in [2.24, 2.45) is 0 Å². The van der Waals surface area contributed by atoms with Crippen molar-refractivity contribution in [2.45, 2.75) is 23.2 Å². The number of hydrogen-bond acceptors (Lipinski definition) is 7. The van der Waals surface area contributed by atoms with Crippen LogP contribution in [0.5, 0.6) is 5.75 Å². The molecule has 23 heavy (non-hydrogen) atoms. The number of thioether (sulfide) groups is 1. The van der Waals surface area contributed by atoms with Crippen LogP contribution < -0.4 is 10.1 Å². The molecule has 0 amide bonds. The fourth-order valence-electron chi connectivity index (χ4n) is 3.05. The quantitative estimate of drug-likeness (QED) is 0.724. The van der Waals surface area contributed by atoms with Crippen molar-refractivity contribution >= 4 is 39.3 Å². The van der Waals surface area contributed by atoms with Gasteiger partial charge in [-0.15, -0.1) is 11.3 Å². The molecule has 0 saturated carbocycles. The topological polar surface area (TPSA) is 59.9 Å². The van der Waals surface area contributed by atoms with E-state index in [4.69, 9.17) is 4.74 Å². The molecule has 4 rings (SSSR count). The van der Waals surface area contributed by atoms with Gasteiger partial charge in [0.1, 0.15) is 22.6 Å². The lowest BCUT2D eigenvalue weighted by Gasteiger charge is -2.15.